The third-order valence-corrected chi connectivity index (χ3v) is 0. The fourth-order valence-electron chi connectivity index (χ4n) is 0. The zero-order chi connectivity index (χ0) is 0. The number of hydrogen-bond acceptors (Lipinski definition) is 0. The fraction of sp³-hybridized carbons (Fsp3) is 0. The Morgan fingerprint density at radius 1 is 0.800 bits per heavy atom. The summed E-state index contributed by atoms with van der Waals surface area (Å²) in [6, 6.07) is 0. The third-order valence-electron chi connectivity index (χ3n) is 0. The molecule has 0 saturated heterocycles. The van der Waals surface area contributed by atoms with Crippen LogP contribution < -0.4 is 0 Å². The maximum atomic E-state index is 0. The Kier molecular flexibility index (Phi) is 426. The van der Waals surface area contributed by atoms with Crippen LogP contribution in [-0.2, 0) is 77.7 Å². The molecule has 0 aliphatic rings. The normalized spacial score (nSPS) is 0. The van der Waals surface area contributed by atoms with Crippen LogP contribution in [0.1, 0.15) is 0 Å². The van der Waals surface area contributed by atoms with Gasteiger partial charge in [-0.1, -0.05) is 0 Å². The molecular weight excluding hydrogens is 419 g/mol. The number of hydrogen-bond donors (Lipinski definition) is 0. The largest absolute Gasteiger partial charge is 4.00 e. The summed E-state index contributed by atoms with van der Waals surface area (Å²) in [6.45, 7) is 0. The first-order chi connectivity index (χ1) is 0. The van der Waals surface area contributed by atoms with E-state index in [9.17, 15) is 0 Å². The monoisotopic (exact) mass is 419 g/mol. The first-order valence-electron chi connectivity index (χ1n) is 0. The van der Waals surface area contributed by atoms with Crippen molar-refractivity contribution < 1.29 is 77.7 Å². The second-order valence-corrected chi connectivity index (χ2v) is 0. The van der Waals surface area contributed by atoms with Crippen LogP contribution in [0.2, 0.25) is 0 Å². The van der Waals surface area contributed by atoms with E-state index < -0.39 is 0 Å². The minimum atomic E-state index is 0. The Morgan fingerprint density at radius 2 is 0.800 bits per heavy atom. The Labute approximate surface area is 76.8 Å². The third kappa shape index (κ3) is 23.1. The Morgan fingerprint density at radius 3 is 0.800 bits per heavy atom. The molecule has 0 atom stereocenters. The van der Waals surface area contributed by atoms with Crippen molar-refractivity contribution in [2.24, 2.45) is 0 Å². The summed E-state index contributed by atoms with van der Waals surface area (Å²) in [7, 11) is 0. The van der Waals surface area contributed by atoms with Crippen molar-refractivity contribution in [1.29, 1.82) is 0 Å². The molecule has 0 spiro atoms. The van der Waals surface area contributed by atoms with Gasteiger partial charge in [0.25, 0.3) is 0 Å². The molecule has 0 radical (unpaired) electrons. The standard InChI is InChI=1S/2O.Pt.Ru.Zr/q2*-2;;;+4. The van der Waals surface area contributed by atoms with E-state index >= 15 is 0 Å². The van der Waals surface area contributed by atoms with E-state index in [0.29, 0.717) is 0 Å². The van der Waals surface area contributed by atoms with Gasteiger partial charge in [-0.05, 0) is 0 Å². The molecular formula is O2PtRuZr. The average Bonchev–Trinajstić information content (AvgIpc) is 0. The minimum absolute atomic E-state index is 0. The molecule has 34 valence electrons. The van der Waals surface area contributed by atoms with E-state index in [1.54, 1.807) is 0 Å². The molecule has 0 N–H and O–H groups in total. The predicted octanol–water partition coefficient (Wildman–Crippen LogP) is -0.245. The van der Waals surface area contributed by atoms with E-state index in [1.807, 2.05) is 0 Å². The molecule has 0 rings (SSSR count). The zero-order valence-corrected chi connectivity index (χ0v) is 8.45. The van der Waals surface area contributed by atoms with Crippen molar-refractivity contribution in [1.82, 2.24) is 0 Å². The van der Waals surface area contributed by atoms with E-state index in [4.69, 9.17) is 0 Å². The molecule has 2 nitrogen and oxygen atoms in total. The van der Waals surface area contributed by atoms with Crippen LogP contribution in [0.25, 0.3) is 0 Å². The van der Waals surface area contributed by atoms with Crippen LogP contribution in [0.5, 0.6) is 0 Å². The van der Waals surface area contributed by atoms with Crippen LogP contribution in [0.4, 0.5) is 0 Å². The van der Waals surface area contributed by atoms with Gasteiger partial charge in [0, 0.05) is 40.5 Å². The second kappa shape index (κ2) is 35.8. The molecule has 0 fully saturated rings. The SMILES string of the molecule is [O-2].[O-2].[Pt].[Ru].[Zr+4]. The molecule has 0 aromatic heterocycles. The summed E-state index contributed by atoms with van der Waals surface area (Å²) in [4.78, 5) is 0. The first kappa shape index (κ1) is 59.5. The van der Waals surface area contributed by atoms with Gasteiger partial charge >= 0.3 is 26.2 Å². The Balaban J connectivity index is 0. The molecule has 0 aromatic rings. The van der Waals surface area contributed by atoms with Gasteiger partial charge in [0.1, 0.15) is 0 Å². The summed E-state index contributed by atoms with van der Waals surface area (Å²) >= 11 is 0. The van der Waals surface area contributed by atoms with Gasteiger partial charge in [-0.3, -0.25) is 0 Å². The van der Waals surface area contributed by atoms with Gasteiger partial charge < -0.3 is 11.0 Å². The van der Waals surface area contributed by atoms with Crippen molar-refractivity contribution >= 4 is 0 Å². The quantitative estimate of drug-likeness (QED) is 0.487. The van der Waals surface area contributed by atoms with Crippen molar-refractivity contribution in [2.75, 3.05) is 0 Å². The minimum Gasteiger partial charge on any atom is -2.00 e. The van der Waals surface area contributed by atoms with Gasteiger partial charge in [0.15, 0.2) is 0 Å². The van der Waals surface area contributed by atoms with Gasteiger partial charge in [-0.15, -0.1) is 0 Å². The van der Waals surface area contributed by atoms with Gasteiger partial charge in [-0.25, -0.2) is 0 Å². The molecule has 0 aliphatic heterocycles. The molecule has 0 aliphatic carbocycles. The van der Waals surface area contributed by atoms with Crippen LogP contribution in [0.15, 0.2) is 0 Å². The van der Waals surface area contributed by atoms with Gasteiger partial charge in [-0.2, -0.15) is 0 Å². The molecule has 5 heavy (non-hydrogen) atoms. The second-order valence-electron chi connectivity index (χ2n) is 0. The van der Waals surface area contributed by atoms with E-state index in [-0.39, 0.29) is 77.7 Å². The molecule has 0 bridgehead atoms. The van der Waals surface area contributed by atoms with Crippen molar-refractivity contribution in [2.45, 2.75) is 0 Å². The first-order valence-corrected chi connectivity index (χ1v) is 0. The average molecular weight is 419 g/mol. The van der Waals surface area contributed by atoms with E-state index in [2.05, 4.69) is 0 Å². The summed E-state index contributed by atoms with van der Waals surface area (Å²) < 4.78 is 0. The summed E-state index contributed by atoms with van der Waals surface area (Å²) in [5, 5.41) is 0. The van der Waals surface area contributed by atoms with E-state index in [0.717, 1.165) is 0 Å². The van der Waals surface area contributed by atoms with Crippen molar-refractivity contribution in [3.05, 3.63) is 0 Å². The van der Waals surface area contributed by atoms with Crippen LogP contribution in [0, 0.1) is 0 Å². The van der Waals surface area contributed by atoms with Crippen molar-refractivity contribution in [3.63, 3.8) is 0 Å². The van der Waals surface area contributed by atoms with Crippen LogP contribution in [0.3, 0.4) is 0 Å². The smallest absolute Gasteiger partial charge is 2.00 e. The summed E-state index contributed by atoms with van der Waals surface area (Å²) in [5.74, 6) is 0. The predicted molar refractivity (Wildman–Crippen MR) is 1.37 cm³/mol. The molecule has 0 saturated carbocycles. The zero-order valence-electron chi connectivity index (χ0n) is 1.99. The molecule has 5 heteroatoms. The van der Waals surface area contributed by atoms with Crippen molar-refractivity contribution in [3.8, 4) is 0 Å². The van der Waals surface area contributed by atoms with Crippen LogP contribution >= 0.6 is 0 Å². The maximum Gasteiger partial charge on any atom is 4.00 e. The Bertz CT molecular complexity index is 9.61. The summed E-state index contributed by atoms with van der Waals surface area (Å²) in [6.07, 6.45) is 0. The fourth-order valence-corrected chi connectivity index (χ4v) is 0. The van der Waals surface area contributed by atoms with Gasteiger partial charge in [0.05, 0.1) is 0 Å². The molecule has 0 aromatic carbocycles. The van der Waals surface area contributed by atoms with E-state index in [1.165, 1.54) is 0 Å². The topological polar surface area (TPSA) is 57.0 Å². The Hall–Kier alpha value is 2.11. The molecule has 0 unspecified atom stereocenters. The molecule has 0 amide bonds. The number of rotatable bonds is 0. The summed E-state index contributed by atoms with van der Waals surface area (Å²) in [5.41, 5.74) is 0. The van der Waals surface area contributed by atoms with Gasteiger partial charge in [0.2, 0.25) is 0 Å². The van der Waals surface area contributed by atoms with Crippen LogP contribution in [-0.4, -0.2) is 0 Å². The maximum absolute atomic E-state index is 0. The molecule has 0 heterocycles.